The van der Waals surface area contributed by atoms with Gasteiger partial charge in [0.05, 0.1) is 23.3 Å². The molecule has 31 heavy (non-hydrogen) atoms. The molecule has 1 aliphatic heterocycles. The van der Waals surface area contributed by atoms with Gasteiger partial charge in [0.2, 0.25) is 10.0 Å². The van der Waals surface area contributed by atoms with Gasteiger partial charge < -0.3 is 15.0 Å². The Morgan fingerprint density at radius 3 is 2.42 bits per heavy atom. The monoisotopic (exact) mass is 443 g/mol. The number of piperazine rings is 1. The van der Waals surface area contributed by atoms with Crippen molar-refractivity contribution in [1.29, 1.82) is 0 Å². The van der Waals surface area contributed by atoms with E-state index < -0.39 is 16.0 Å². The summed E-state index contributed by atoms with van der Waals surface area (Å²) in [6, 6.07) is 11.6. The highest BCUT2D eigenvalue weighted by Gasteiger charge is 2.31. The fourth-order valence-electron chi connectivity index (χ4n) is 4.06. The standard InChI is InChI=1S/C22H25N3O5S/c1-30-21(26)19-7-2-3-8-20(19)23-22(27)24-11-13-25(14-12-24)31(28,29)18-10-9-16-5-4-6-17(16)15-18/h2-3,7-10,15H,4-6,11-14H2,1H3,(H,23,27). The second-order valence-corrected chi connectivity index (χ2v) is 9.58. The Morgan fingerprint density at radius 2 is 1.68 bits per heavy atom. The van der Waals surface area contributed by atoms with E-state index in [1.807, 2.05) is 6.07 Å². The molecule has 0 saturated carbocycles. The largest absolute Gasteiger partial charge is 0.465 e. The third-order valence-electron chi connectivity index (χ3n) is 5.81. The molecule has 0 bridgehead atoms. The van der Waals surface area contributed by atoms with Crippen molar-refractivity contribution in [3.63, 3.8) is 0 Å². The first kappa shape index (κ1) is 21.3. The summed E-state index contributed by atoms with van der Waals surface area (Å²) < 4.78 is 32.3. The number of nitrogens with one attached hydrogen (secondary N) is 1. The number of aryl methyl sites for hydroxylation is 2. The van der Waals surface area contributed by atoms with Gasteiger partial charge in [-0.25, -0.2) is 18.0 Å². The summed E-state index contributed by atoms with van der Waals surface area (Å²) in [7, 11) is -2.32. The molecule has 164 valence electrons. The average molecular weight is 444 g/mol. The van der Waals surface area contributed by atoms with Crippen LogP contribution < -0.4 is 5.32 Å². The molecule has 2 amide bonds. The SMILES string of the molecule is COC(=O)c1ccccc1NC(=O)N1CCN(S(=O)(=O)c2ccc3c(c2)CCC3)CC1. The minimum absolute atomic E-state index is 0.214. The number of methoxy groups -OCH3 is 1. The smallest absolute Gasteiger partial charge is 0.339 e. The van der Waals surface area contributed by atoms with Crippen LogP contribution in [0.5, 0.6) is 0 Å². The molecule has 0 unspecified atom stereocenters. The van der Waals surface area contributed by atoms with Crippen LogP contribution in [0.15, 0.2) is 47.4 Å². The molecule has 0 spiro atoms. The van der Waals surface area contributed by atoms with Crippen LogP contribution in [0.4, 0.5) is 10.5 Å². The van der Waals surface area contributed by atoms with Crippen LogP contribution in [0, 0.1) is 0 Å². The Kier molecular flexibility index (Phi) is 5.97. The number of hydrogen-bond donors (Lipinski definition) is 1. The lowest BCUT2D eigenvalue weighted by atomic mass is 10.1. The number of ether oxygens (including phenoxy) is 1. The third kappa shape index (κ3) is 4.28. The molecule has 8 nitrogen and oxygen atoms in total. The molecule has 0 aromatic heterocycles. The summed E-state index contributed by atoms with van der Waals surface area (Å²) >= 11 is 0. The molecule has 1 heterocycles. The van der Waals surface area contributed by atoms with Gasteiger partial charge in [-0.05, 0) is 54.7 Å². The number of nitrogens with zero attached hydrogens (tertiary/aromatic N) is 2. The zero-order valence-corrected chi connectivity index (χ0v) is 18.2. The number of anilines is 1. The van der Waals surface area contributed by atoms with Crippen molar-refractivity contribution in [1.82, 2.24) is 9.21 Å². The molecule has 4 rings (SSSR count). The number of rotatable bonds is 4. The highest BCUT2D eigenvalue weighted by Crippen LogP contribution is 2.27. The first-order chi connectivity index (χ1) is 14.9. The highest BCUT2D eigenvalue weighted by molar-refractivity contribution is 7.89. The Labute approximate surface area is 181 Å². The normalized spacial score (nSPS) is 16.6. The molecule has 1 fully saturated rings. The number of amides is 2. The van der Waals surface area contributed by atoms with E-state index in [0.717, 1.165) is 24.8 Å². The number of carbonyl (C=O) groups excluding carboxylic acids is 2. The molecule has 2 aliphatic rings. The van der Waals surface area contributed by atoms with Gasteiger partial charge in [-0.3, -0.25) is 0 Å². The summed E-state index contributed by atoms with van der Waals surface area (Å²) in [4.78, 5) is 26.4. The van der Waals surface area contributed by atoms with Gasteiger partial charge in [0, 0.05) is 26.2 Å². The second kappa shape index (κ2) is 8.68. The van der Waals surface area contributed by atoms with Crippen LogP contribution in [0.25, 0.3) is 0 Å². The Balaban J connectivity index is 1.41. The van der Waals surface area contributed by atoms with Crippen molar-refractivity contribution in [3.05, 3.63) is 59.2 Å². The van der Waals surface area contributed by atoms with Crippen molar-refractivity contribution >= 4 is 27.7 Å². The zero-order valence-electron chi connectivity index (χ0n) is 17.3. The van der Waals surface area contributed by atoms with E-state index >= 15 is 0 Å². The molecule has 9 heteroatoms. The Bertz CT molecular complexity index is 1110. The summed E-state index contributed by atoms with van der Waals surface area (Å²) in [6.45, 7) is 0.948. The lowest BCUT2D eigenvalue weighted by Crippen LogP contribution is -2.51. The Hall–Kier alpha value is -2.91. The van der Waals surface area contributed by atoms with Crippen LogP contribution in [0.3, 0.4) is 0 Å². The highest BCUT2D eigenvalue weighted by atomic mass is 32.2. The predicted molar refractivity (Wildman–Crippen MR) is 116 cm³/mol. The topological polar surface area (TPSA) is 96.0 Å². The van der Waals surface area contributed by atoms with E-state index in [-0.39, 0.29) is 37.8 Å². The van der Waals surface area contributed by atoms with Gasteiger partial charge in [0.15, 0.2) is 0 Å². The molecule has 1 saturated heterocycles. The number of carbonyl (C=O) groups is 2. The third-order valence-corrected chi connectivity index (χ3v) is 7.70. The first-order valence-corrected chi connectivity index (χ1v) is 11.7. The maximum atomic E-state index is 13.1. The van der Waals surface area contributed by atoms with Crippen LogP contribution in [0.2, 0.25) is 0 Å². The van der Waals surface area contributed by atoms with Crippen LogP contribution in [-0.4, -0.2) is 62.9 Å². The number of sulfonamides is 1. The predicted octanol–water partition coefficient (Wildman–Crippen LogP) is 2.50. The van der Waals surface area contributed by atoms with E-state index in [2.05, 4.69) is 5.32 Å². The number of urea groups is 1. The van der Waals surface area contributed by atoms with Gasteiger partial charge in [0.1, 0.15) is 0 Å². The molecule has 2 aromatic carbocycles. The minimum Gasteiger partial charge on any atom is -0.465 e. The fourth-order valence-corrected chi connectivity index (χ4v) is 5.54. The summed E-state index contributed by atoms with van der Waals surface area (Å²) in [5, 5.41) is 2.73. The maximum Gasteiger partial charge on any atom is 0.339 e. The molecule has 1 N–H and O–H groups in total. The summed E-state index contributed by atoms with van der Waals surface area (Å²) in [6.07, 6.45) is 2.98. The van der Waals surface area contributed by atoms with Crippen molar-refractivity contribution < 1.29 is 22.7 Å². The summed E-state index contributed by atoms with van der Waals surface area (Å²) in [5.74, 6) is -0.541. The number of hydrogen-bond acceptors (Lipinski definition) is 5. The van der Waals surface area contributed by atoms with Crippen LogP contribution >= 0.6 is 0 Å². The maximum absolute atomic E-state index is 13.1. The number of benzene rings is 2. The van der Waals surface area contributed by atoms with Gasteiger partial charge in [-0.15, -0.1) is 0 Å². The number of esters is 1. The number of para-hydroxylation sites is 1. The quantitative estimate of drug-likeness (QED) is 0.733. The van der Waals surface area contributed by atoms with Gasteiger partial charge in [0.25, 0.3) is 0 Å². The van der Waals surface area contributed by atoms with Gasteiger partial charge in [-0.2, -0.15) is 4.31 Å². The van der Waals surface area contributed by atoms with Crippen molar-refractivity contribution in [2.24, 2.45) is 0 Å². The first-order valence-electron chi connectivity index (χ1n) is 10.3. The van der Waals surface area contributed by atoms with Crippen molar-refractivity contribution in [2.75, 3.05) is 38.6 Å². The molecule has 2 aromatic rings. The van der Waals surface area contributed by atoms with Crippen LogP contribution in [-0.2, 0) is 27.6 Å². The minimum atomic E-state index is -3.60. The second-order valence-electron chi connectivity index (χ2n) is 7.64. The van der Waals surface area contributed by atoms with E-state index in [0.29, 0.717) is 10.6 Å². The van der Waals surface area contributed by atoms with E-state index in [9.17, 15) is 18.0 Å². The van der Waals surface area contributed by atoms with Crippen LogP contribution in [0.1, 0.15) is 27.9 Å². The molecule has 0 atom stereocenters. The average Bonchev–Trinajstić information content (AvgIpc) is 3.27. The Morgan fingerprint density at radius 1 is 0.968 bits per heavy atom. The van der Waals surface area contributed by atoms with E-state index in [1.54, 1.807) is 41.3 Å². The summed E-state index contributed by atoms with van der Waals surface area (Å²) in [5.41, 5.74) is 2.96. The fraction of sp³-hybridized carbons (Fsp3) is 0.364. The molecular formula is C22H25N3O5S. The van der Waals surface area contributed by atoms with E-state index in [1.165, 1.54) is 17.0 Å². The molecule has 0 radical (unpaired) electrons. The van der Waals surface area contributed by atoms with Crippen molar-refractivity contribution in [2.45, 2.75) is 24.2 Å². The lowest BCUT2D eigenvalue weighted by Gasteiger charge is -2.34. The number of fused-ring (bicyclic) bond motifs is 1. The van der Waals surface area contributed by atoms with Crippen molar-refractivity contribution in [3.8, 4) is 0 Å². The molecule has 1 aliphatic carbocycles. The zero-order chi connectivity index (χ0) is 22.0. The van der Waals surface area contributed by atoms with Gasteiger partial charge in [-0.1, -0.05) is 18.2 Å². The van der Waals surface area contributed by atoms with Gasteiger partial charge >= 0.3 is 12.0 Å². The molecular weight excluding hydrogens is 418 g/mol. The lowest BCUT2D eigenvalue weighted by molar-refractivity contribution is 0.0602. The van der Waals surface area contributed by atoms with E-state index in [4.69, 9.17) is 4.74 Å².